The molecule has 148 valence electrons. The molecule has 3 aromatic rings. The van der Waals surface area contributed by atoms with E-state index in [-0.39, 0.29) is 0 Å². The highest BCUT2D eigenvalue weighted by Crippen LogP contribution is 2.48. The normalized spacial score (nSPS) is 22.9. The number of hydrogen-bond acceptors (Lipinski definition) is 4. The Morgan fingerprint density at radius 3 is 3.03 bits per heavy atom. The van der Waals surface area contributed by atoms with Gasteiger partial charge in [-0.3, -0.25) is 0 Å². The number of aryl methyl sites for hydroxylation is 1. The van der Waals surface area contributed by atoms with Gasteiger partial charge in [0.2, 0.25) is 0 Å². The number of nitrogens with one attached hydrogen (secondary N) is 2. The number of nitrogens with zero attached hydrogens (tertiary/aromatic N) is 1. The van der Waals surface area contributed by atoms with Gasteiger partial charge in [-0.25, -0.2) is 0 Å². The Kier molecular flexibility index (Phi) is 4.03. The van der Waals surface area contributed by atoms with Crippen LogP contribution in [0.3, 0.4) is 0 Å². The van der Waals surface area contributed by atoms with Gasteiger partial charge < -0.3 is 20.3 Å². The summed E-state index contributed by atoms with van der Waals surface area (Å²) < 4.78 is 5.97. The van der Waals surface area contributed by atoms with E-state index in [0.717, 1.165) is 26.2 Å². The van der Waals surface area contributed by atoms with Crippen molar-refractivity contribution in [2.24, 2.45) is 0 Å². The summed E-state index contributed by atoms with van der Waals surface area (Å²) >= 11 is 0. The fourth-order valence-electron chi connectivity index (χ4n) is 5.55. The van der Waals surface area contributed by atoms with Gasteiger partial charge in [0, 0.05) is 53.1 Å². The van der Waals surface area contributed by atoms with Crippen LogP contribution >= 0.6 is 0 Å². The summed E-state index contributed by atoms with van der Waals surface area (Å²) in [5.41, 5.74) is 7.92. The fraction of sp³-hybridized carbons (Fsp3) is 0.360. The van der Waals surface area contributed by atoms with E-state index < -0.39 is 0 Å². The van der Waals surface area contributed by atoms with Crippen LogP contribution in [0.2, 0.25) is 0 Å². The van der Waals surface area contributed by atoms with Crippen molar-refractivity contribution in [2.75, 3.05) is 36.5 Å². The lowest BCUT2D eigenvalue weighted by molar-refractivity contribution is 0.130. The van der Waals surface area contributed by atoms with Crippen LogP contribution in [0, 0.1) is 6.92 Å². The molecule has 1 saturated heterocycles. The predicted octanol–water partition coefficient (Wildman–Crippen LogP) is 4.69. The molecule has 0 amide bonds. The highest BCUT2D eigenvalue weighted by Gasteiger charge is 2.41. The predicted molar refractivity (Wildman–Crippen MR) is 119 cm³/mol. The van der Waals surface area contributed by atoms with E-state index in [1.807, 2.05) is 0 Å². The van der Waals surface area contributed by atoms with E-state index in [1.54, 1.807) is 0 Å². The molecule has 1 fully saturated rings. The molecule has 0 aromatic heterocycles. The molecule has 0 saturated carbocycles. The summed E-state index contributed by atoms with van der Waals surface area (Å²) in [6.07, 6.45) is 1.21. The molecule has 0 radical (unpaired) electrons. The highest BCUT2D eigenvalue weighted by molar-refractivity contribution is 5.97. The monoisotopic (exact) mass is 385 g/mol. The molecule has 3 aliphatic rings. The van der Waals surface area contributed by atoms with Crippen molar-refractivity contribution in [2.45, 2.75) is 31.9 Å². The molecule has 6 rings (SSSR count). The summed E-state index contributed by atoms with van der Waals surface area (Å²) in [6.45, 7) is 6.90. The summed E-state index contributed by atoms with van der Waals surface area (Å²) in [6, 6.07) is 18.3. The Hall–Kier alpha value is -2.56. The molecular formula is C25H27N3O. The molecular weight excluding hydrogens is 358 g/mol. The van der Waals surface area contributed by atoms with Crippen LogP contribution in [-0.4, -0.2) is 32.3 Å². The number of fused-ring (bicyclic) bond motifs is 4. The standard InChI is InChI=1S/C25H27N3O/c1-16-6-7-17-4-2-3-5-20(17)24(16)27-19-12-18-15-29-11-10-28-23-8-9-26-14-22(23)21(13-19)25(18)28/h2-7,12-13,22-23,26-27H,8-11,14-15H2,1H3. The van der Waals surface area contributed by atoms with E-state index in [0.29, 0.717) is 18.6 Å². The first-order valence-corrected chi connectivity index (χ1v) is 10.8. The summed E-state index contributed by atoms with van der Waals surface area (Å²) in [7, 11) is 0. The molecule has 0 aliphatic carbocycles. The first-order chi connectivity index (χ1) is 14.3. The van der Waals surface area contributed by atoms with Crippen LogP contribution in [0.15, 0.2) is 48.5 Å². The zero-order valence-corrected chi connectivity index (χ0v) is 16.9. The first kappa shape index (κ1) is 17.3. The summed E-state index contributed by atoms with van der Waals surface area (Å²) in [5, 5.41) is 9.94. The second-order valence-corrected chi connectivity index (χ2v) is 8.59. The second-order valence-electron chi connectivity index (χ2n) is 8.59. The zero-order valence-electron chi connectivity index (χ0n) is 16.9. The highest BCUT2D eigenvalue weighted by atomic mass is 16.5. The number of piperidine rings is 1. The van der Waals surface area contributed by atoms with Gasteiger partial charge in [-0.2, -0.15) is 0 Å². The third-order valence-corrected chi connectivity index (χ3v) is 6.89. The lowest BCUT2D eigenvalue weighted by atomic mass is 9.89. The van der Waals surface area contributed by atoms with E-state index in [2.05, 4.69) is 71.0 Å². The maximum Gasteiger partial charge on any atom is 0.0738 e. The minimum Gasteiger partial charge on any atom is -0.375 e. The maximum atomic E-state index is 5.97. The second kappa shape index (κ2) is 6.75. The van der Waals surface area contributed by atoms with Crippen molar-refractivity contribution in [1.82, 2.24) is 5.32 Å². The molecule has 3 aliphatic heterocycles. The van der Waals surface area contributed by atoms with E-state index in [9.17, 15) is 0 Å². The number of rotatable bonds is 2. The average Bonchev–Trinajstić information content (AvgIpc) is 2.91. The Balaban J connectivity index is 1.47. The van der Waals surface area contributed by atoms with Crippen molar-refractivity contribution in [3.05, 3.63) is 65.2 Å². The number of anilines is 3. The average molecular weight is 386 g/mol. The molecule has 2 unspecified atom stereocenters. The van der Waals surface area contributed by atoms with Crippen molar-refractivity contribution >= 4 is 27.8 Å². The zero-order chi connectivity index (χ0) is 19.4. The number of hydrogen-bond donors (Lipinski definition) is 2. The molecule has 4 nitrogen and oxygen atoms in total. The van der Waals surface area contributed by atoms with Gasteiger partial charge in [-0.15, -0.1) is 0 Å². The van der Waals surface area contributed by atoms with Crippen LogP contribution in [-0.2, 0) is 11.3 Å². The Morgan fingerprint density at radius 2 is 2.07 bits per heavy atom. The van der Waals surface area contributed by atoms with Crippen molar-refractivity contribution in [3.63, 3.8) is 0 Å². The molecule has 2 N–H and O–H groups in total. The van der Waals surface area contributed by atoms with Crippen LogP contribution in [0.25, 0.3) is 10.8 Å². The fourth-order valence-corrected chi connectivity index (χ4v) is 5.55. The maximum absolute atomic E-state index is 5.97. The van der Waals surface area contributed by atoms with Crippen LogP contribution in [0.5, 0.6) is 0 Å². The Labute approximate surface area is 171 Å². The Bertz CT molecular complexity index is 1090. The molecule has 2 atom stereocenters. The molecule has 3 aromatic carbocycles. The van der Waals surface area contributed by atoms with Crippen LogP contribution < -0.4 is 15.5 Å². The van der Waals surface area contributed by atoms with Gasteiger partial charge in [0.05, 0.1) is 13.2 Å². The Morgan fingerprint density at radius 1 is 1.14 bits per heavy atom. The lowest BCUT2D eigenvalue weighted by Gasteiger charge is -2.33. The van der Waals surface area contributed by atoms with Crippen LogP contribution in [0.4, 0.5) is 17.1 Å². The lowest BCUT2D eigenvalue weighted by Crippen LogP contribution is -2.44. The van der Waals surface area contributed by atoms with Gasteiger partial charge >= 0.3 is 0 Å². The molecule has 29 heavy (non-hydrogen) atoms. The minimum atomic E-state index is 0.575. The van der Waals surface area contributed by atoms with Crippen molar-refractivity contribution < 1.29 is 4.74 Å². The minimum absolute atomic E-state index is 0.575. The quantitative estimate of drug-likeness (QED) is 0.671. The smallest absolute Gasteiger partial charge is 0.0738 e. The van der Waals surface area contributed by atoms with Gasteiger partial charge in [0.1, 0.15) is 0 Å². The van der Waals surface area contributed by atoms with Gasteiger partial charge in [0.15, 0.2) is 0 Å². The molecule has 0 spiro atoms. The SMILES string of the molecule is Cc1ccc2ccccc2c1Nc1cc2c3c(c1)C1CNCCC1N3CCOC2. The van der Waals surface area contributed by atoms with E-state index >= 15 is 0 Å². The number of benzene rings is 3. The van der Waals surface area contributed by atoms with E-state index in [1.165, 1.54) is 50.9 Å². The third kappa shape index (κ3) is 2.74. The van der Waals surface area contributed by atoms with Gasteiger partial charge in [0.25, 0.3) is 0 Å². The van der Waals surface area contributed by atoms with Gasteiger partial charge in [-0.1, -0.05) is 36.4 Å². The third-order valence-electron chi connectivity index (χ3n) is 6.89. The van der Waals surface area contributed by atoms with E-state index in [4.69, 9.17) is 4.74 Å². The molecule has 3 heterocycles. The van der Waals surface area contributed by atoms with Crippen LogP contribution in [0.1, 0.15) is 29.0 Å². The first-order valence-electron chi connectivity index (χ1n) is 10.8. The molecule has 0 bridgehead atoms. The summed E-state index contributed by atoms with van der Waals surface area (Å²) in [4.78, 5) is 2.64. The number of ether oxygens (including phenoxy) is 1. The summed E-state index contributed by atoms with van der Waals surface area (Å²) in [5.74, 6) is 0.575. The largest absolute Gasteiger partial charge is 0.375 e. The topological polar surface area (TPSA) is 36.5 Å². The van der Waals surface area contributed by atoms with Gasteiger partial charge in [-0.05, 0) is 48.5 Å². The van der Waals surface area contributed by atoms with Crippen molar-refractivity contribution in [1.29, 1.82) is 0 Å². The molecule has 4 heteroatoms. The van der Waals surface area contributed by atoms with Crippen molar-refractivity contribution in [3.8, 4) is 0 Å².